The molecule has 2 unspecified atom stereocenters. The molecule has 2 atom stereocenters. The summed E-state index contributed by atoms with van der Waals surface area (Å²) in [5, 5.41) is 23.1. The summed E-state index contributed by atoms with van der Waals surface area (Å²) >= 11 is 0. The zero-order valence-corrected chi connectivity index (χ0v) is 46.8. The molecule has 69 heavy (non-hydrogen) atoms. The molecular formula is C65H123NO3. The second-order valence-electron chi connectivity index (χ2n) is 21.5. The van der Waals surface area contributed by atoms with Crippen LogP contribution >= 0.6 is 0 Å². The summed E-state index contributed by atoms with van der Waals surface area (Å²) in [4.78, 5) is 12.5. The molecule has 406 valence electrons. The number of rotatable bonds is 58. The van der Waals surface area contributed by atoms with Gasteiger partial charge in [-0.1, -0.05) is 319 Å². The number of aliphatic hydroxyl groups is 2. The van der Waals surface area contributed by atoms with Gasteiger partial charge in [-0.05, 0) is 64.2 Å². The van der Waals surface area contributed by atoms with E-state index in [2.05, 4.69) is 55.6 Å². The second-order valence-corrected chi connectivity index (χ2v) is 21.5. The van der Waals surface area contributed by atoms with E-state index in [0.717, 1.165) is 38.5 Å². The Kier molecular flexibility index (Phi) is 59.2. The van der Waals surface area contributed by atoms with Crippen molar-refractivity contribution < 1.29 is 15.0 Å². The van der Waals surface area contributed by atoms with E-state index in [4.69, 9.17) is 0 Å². The first-order valence-corrected chi connectivity index (χ1v) is 31.4. The van der Waals surface area contributed by atoms with E-state index in [0.29, 0.717) is 6.42 Å². The lowest BCUT2D eigenvalue weighted by Crippen LogP contribution is -2.45. The Morgan fingerprint density at radius 3 is 0.928 bits per heavy atom. The van der Waals surface area contributed by atoms with Gasteiger partial charge >= 0.3 is 0 Å². The summed E-state index contributed by atoms with van der Waals surface area (Å²) in [5.41, 5.74) is 0. The van der Waals surface area contributed by atoms with Crippen molar-refractivity contribution in [3.63, 3.8) is 0 Å². The van der Waals surface area contributed by atoms with E-state index < -0.39 is 12.1 Å². The highest BCUT2D eigenvalue weighted by Crippen LogP contribution is 2.17. The topological polar surface area (TPSA) is 69.6 Å². The van der Waals surface area contributed by atoms with Crippen molar-refractivity contribution in [1.82, 2.24) is 5.32 Å². The van der Waals surface area contributed by atoms with Crippen LogP contribution in [0, 0.1) is 0 Å². The van der Waals surface area contributed by atoms with Crippen LogP contribution in [0.4, 0.5) is 0 Å². The summed E-state index contributed by atoms with van der Waals surface area (Å²) in [6.07, 6.45) is 84.6. The molecule has 0 aliphatic carbocycles. The van der Waals surface area contributed by atoms with Crippen molar-refractivity contribution in [2.75, 3.05) is 6.61 Å². The number of allylic oxidation sites excluding steroid dienone is 7. The van der Waals surface area contributed by atoms with E-state index in [-0.39, 0.29) is 12.5 Å². The molecule has 0 aliphatic rings. The Morgan fingerprint density at radius 1 is 0.348 bits per heavy atom. The standard InChI is InChI=1S/C65H123NO3/c1-3-5-7-9-11-13-15-17-19-21-23-24-25-26-27-28-29-30-31-32-33-34-35-36-37-38-39-40-41-42-43-45-47-49-51-53-55-57-59-61-65(69)66-63(62-67)64(68)60-58-56-54-52-50-48-46-44-22-20-18-16-14-12-10-8-6-4-2/h29-30,32-33,50,52,58,60,63-64,67-68H,3-28,31,34-49,51,53-57,59,61-62H2,1-2H3,(H,66,69)/b30-29-,33-32-,52-50+,60-58+. The van der Waals surface area contributed by atoms with Crippen LogP contribution < -0.4 is 5.32 Å². The summed E-state index contributed by atoms with van der Waals surface area (Å²) < 4.78 is 0. The van der Waals surface area contributed by atoms with Gasteiger partial charge in [-0.3, -0.25) is 4.79 Å². The van der Waals surface area contributed by atoms with Gasteiger partial charge < -0.3 is 15.5 Å². The molecule has 0 bridgehead atoms. The molecule has 4 heteroatoms. The molecule has 1 amide bonds. The Morgan fingerprint density at radius 2 is 0.609 bits per heavy atom. The maximum Gasteiger partial charge on any atom is 0.220 e. The molecule has 0 rings (SSSR count). The molecule has 0 heterocycles. The number of hydrogen-bond acceptors (Lipinski definition) is 3. The van der Waals surface area contributed by atoms with Gasteiger partial charge in [0.25, 0.3) is 0 Å². The van der Waals surface area contributed by atoms with E-state index in [1.165, 1.54) is 283 Å². The van der Waals surface area contributed by atoms with Gasteiger partial charge in [0, 0.05) is 6.42 Å². The van der Waals surface area contributed by atoms with Crippen LogP contribution in [0.1, 0.15) is 341 Å². The highest BCUT2D eigenvalue weighted by atomic mass is 16.3. The number of carbonyl (C=O) groups excluding carboxylic acids is 1. The van der Waals surface area contributed by atoms with Crippen molar-refractivity contribution in [2.45, 2.75) is 353 Å². The average molecular weight is 967 g/mol. The van der Waals surface area contributed by atoms with Crippen molar-refractivity contribution in [3.8, 4) is 0 Å². The zero-order valence-electron chi connectivity index (χ0n) is 46.8. The molecule has 4 nitrogen and oxygen atoms in total. The maximum absolute atomic E-state index is 12.5. The Balaban J connectivity index is 3.44. The van der Waals surface area contributed by atoms with Crippen LogP contribution in [0.5, 0.6) is 0 Å². The molecule has 0 fully saturated rings. The normalized spacial score (nSPS) is 13.0. The first-order valence-electron chi connectivity index (χ1n) is 31.4. The van der Waals surface area contributed by atoms with Gasteiger partial charge in [0.2, 0.25) is 5.91 Å². The molecule has 3 N–H and O–H groups in total. The van der Waals surface area contributed by atoms with E-state index >= 15 is 0 Å². The number of carbonyl (C=O) groups is 1. The lowest BCUT2D eigenvalue weighted by molar-refractivity contribution is -0.123. The zero-order chi connectivity index (χ0) is 49.9. The van der Waals surface area contributed by atoms with Gasteiger partial charge in [0.05, 0.1) is 18.8 Å². The average Bonchev–Trinajstić information content (AvgIpc) is 3.35. The summed E-state index contributed by atoms with van der Waals surface area (Å²) in [5.74, 6) is -0.0698. The molecular weight excluding hydrogens is 843 g/mol. The number of amides is 1. The Hall–Kier alpha value is -1.65. The highest BCUT2D eigenvalue weighted by molar-refractivity contribution is 5.76. The molecule has 0 radical (unpaired) electrons. The van der Waals surface area contributed by atoms with Crippen molar-refractivity contribution in [1.29, 1.82) is 0 Å². The fourth-order valence-electron chi connectivity index (χ4n) is 9.76. The van der Waals surface area contributed by atoms with Gasteiger partial charge in [-0.25, -0.2) is 0 Å². The van der Waals surface area contributed by atoms with E-state index in [1.54, 1.807) is 6.08 Å². The minimum atomic E-state index is -0.863. The lowest BCUT2D eigenvalue weighted by atomic mass is 10.0. The van der Waals surface area contributed by atoms with Crippen LogP contribution in [-0.2, 0) is 4.79 Å². The molecule has 0 saturated carbocycles. The lowest BCUT2D eigenvalue weighted by Gasteiger charge is -2.19. The molecule has 0 saturated heterocycles. The molecule has 0 aromatic rings. The van der Waals surface area contributed by atoms with Gasteiger partial charge in [0.1, 0.15) is 0 Å². The highest BCUT2D eigenvalue weighted by Gasteiger charge is 2.18. The first kappa shape index (κ1) is 67.3. The number of nitrogens with one attached hydrogen (secondary N) is 1. The molecule has 0 aromatic heterocycles. The van der Waals surface area contributed by atoms with Crippen molar-refractivity contribution in [2.24, 2.45) is 0 Å². The minimum absolute atomic E-state index is 0.0698. The van der Waals surface area contributed by atoms with Crippen LogP contribution in [0.25, 0.3) is 0 Å². The summed E-state index contributed by atoms with van der Waals surface area (Å²) in [7, 11) is 0. The number of aliphatic hydroxyl groups excluding tert-OH is 2. The van der Waals surface area contributed by atoms with Crippen molar-refractivity contribution in [3.05, 3.63) is 48.6 Å². The number of unbranched alkanes of at least 4 members (excludes halogenated alkanes) is 45. The van der Waals surface area contributed by atoms with Gasteiger partial charge in [-0.2, -0.15) is 0 Å². The summed E-state index contributed by atoms with van der Waals surface area (Å²) in [6.45, 7) is 4.33. The largest absolute Gasteiger partial charge is 0.394 e. The predicted octanol–water partition coefficient (Wildman–Crippen LogP) is 21.0. The van der Waals surface area contributed by atoms with Crippen LogP contribution in [0.3, 0.4) is 0 Å². The first-order chi connectivity index (χ1) is 34.2. The predicted molar refractivity (Wildman–Crippen MR) is 308 cm³/mol. The van der Waals surface area contributed by atoms with Crippen LogP contribution in [-0.4, -0.2) is 34.9 Å². The third-order valence-corrected chi connectivity index (χ3v) is 14.5. The third-order valence-electron chi connectivity index (χ3n) is 14.5. The fraction of sp³-hybridized carbons (Fsp3) is 0.862. The summed E-state index contributed by atoms with van der Waals surface area (Å²) in [6, 6.07) is -0.640. The van der Waals surface area contributed by atoms with E-state index in [1.807, 2.05) is 6.08 Å². The smallest absolute Gasteiger partial charge is 0.220 e. The Bertz CT molecular complexity index is 1090. The minimum Gasteiger partial charge on any atom is -0.394 e. The third kappa shape index (κ3) is 57.1. The molecule has 0 aliphatic heterocycles. The number of hydrogen-bond donors (Lipinski definition) is 3. The van der Waals surface area contributed by atoms with Crippen molar-refractivity contribution >= 4 is 5.91 Å². The monoisotopic (exact) mass is 966 g/mol. The quantitative estimate of drug-likeness (QED) is 0.0420. The fourth-order valence-corrected chi connectivity index (χ4v) is 9.76. The van der Waals surface area contributed by atoms with Crippen LogP contribution in [0.2, 0.25) is 0 Å². The maximum atomic E-state index is 12.5. The Labute approximate surface area is 433 Å². The van der Waals surface area contributed by atoms with Gasteiger partial charge in [-0.15, -0.1) is 0 Å². The molecule has 0 spiro atoms. The van der Waals surface area contributed by atoms with Gasteiger partial charge in [0.15, 0.2) is 0 Å². The molecule has 0 aromatic carbocycles. The SMILES string of the molecule is CCCCCCCCCCCCCC/C=C/CC/C=C/C(O)C(CO)NC(=O)CCCCCCCCCCCCCCCCCCC/C=C\C/C=C\CCCCCCCCCCCCCCCCC. The van der Waals surface area contributed by atoms with Crippen LogP contribution in [0.15, 0.2) is 48.6 Å². The van der Waals surface area contributed by atoms with E-state index in [9.17, 15) is 15.0 Å². The second kappa shape index (κ2) is 60.7.